The fourth-order valence-electron chi connectivity index (χ4n) is 2.12. The van der Waals surface area contributed by atoms with Gasteiger partial charge in [-0.3, -0.25) is 4.79 Å². The molecule has 1 atom stereocenters. The van der Waals surface area contributed by atoms with Crippen molar-refractivity contribution in [3.8, 4) is 0 Å². The predicted molar refractivity (Wildman–Crippen MR) is 74.3 cm³/mol. The zero-order chi connectivity index (χ0) is 13.8. The molecule has 1 aromatic rings. The lowest BCUT2D eigenvalue weighted by molar-refractivity contribution is -0.113. The molecule has 19 heavy (non-hydrogen) atoms. The van der Waals surface area contributed by atoms with Crippen LogP contribution in [0.15, 0.2) is 47.7 Å². The van der Waals surface area contributed by atoms with Gasteiger partial charge in [0.15, 0.2) is 5.78 Å². The molecule has 0 saturated carbocycles. The van der Waals surface area contributed by atoms with Crippen LogP contribution in [0.3, 0.4) is 0 Å². The smallest absolute Gasteiger partial charge is 0.319 e. The standard InChI is InChI=1S/C15H16N2O2/c1-10-14(11(2)18)13(17-15(19)16-10)9-8-12-6-4-3-5-7-12/h3-9,13H,1-2H3,(H2,16,17,19)/b9-8-/t13-/m0/s1. The Balaban J connectivity index is 2.27. The summed E-state index contributed by atoms with van der Waals surface area (Å²) in [6.45, 7) is 3.24. The summed E-state index contributed by atoms with van der Waals surface area (Å²) < 4.78 is 0. The number of hydrogen-bond donors (Lipinski definition) is 2. The molecule has 2 amide bonds. The van der Waals surface area contributed by atoms with E-state index >= 15 is 0 Å². The third kappa shape index (κ3) is 3.10. The summed E-state index contributed by atoms with van der Waals surface area (Å²) in [5.74, 6) is -0.0484. The molecule has 4 heteroatoms. The van der Waals surface area contributed by atoms with Crippen molar-refractivity contribution in [1.29, 1.82) is 0 Å². The van der Waals surface area contributed by atoms with Gasteiger partial charge in [0, 0.05) is 11.3 Å². The first-order chi connectivity index (χ1) is 9.08. The molecule has 0 spiro atoms. The number of allylic oxidation sites excluding steroid dienone is 1. The van der Waals surface area contributed by atoms with Crippen LogP contribution in [0.25, 0.3) is 6.08 Å². The molecule has 2 N–H and O–H groups in total. The van der Waals surface area contributed by atoms with E-state index in [4.69, 9.17) is 0 Å². The molecule has 1 heterocycles. The highest BCUT2D eigenvalue weighted by atomic mass is 16.2. The van der Waals surface area contributed by atoms with Gasteiger partial charge >= 0.3 is 6.03 Å². The highest BCUT2D eigenvalue weighted by molar-refractivity contribution is 5.98. The Bertz CT molecular complexity index is 559. The van der Waals surface area contributed by atoms with E-state index in [-0.39, 0.29) is 17.9 Å². The van der Waals surface area contributed by atoms with Gasteiger partial charge in [-0.05, 0) is 19.4 Å². The van der Waals surface area contributed by atoms with Crippen LogP contribution < -0.4 is 10.6 Å². The minimum absolute atomic E-state index is 0.0484. The quantitative estimate of drug-likeness (QED) is 0.871. The van der Waals surface area contributed by atoms with Gasteiger partial charge in [-0.1, -0.05) is 42.5 Å². The molecule has 0 fully saturated rings. The average molecular weight is 256 g/mol. The van der Waals surface area contributed by atoms with Gasteiger partial charge in [0.05, 0.1) is 6.04 Å². The zero-order valence-corrected chi connectivity index (χ0v) is 10.9. The summed E-state index contributed by atoms with van der Waals surface area (Å²) in [4.78, 5) is 23.1. The van der Waals surface area contributed by atoms with Gasteiger partial charge in [-0.25, -0.2) is 4.79 Å². The monoisotopic (exact) mass is 256 g/mol. The second-order valence-corrected chi connectivity index (χ2v) is 4.44. The van der Waals surface area contributed by atoms with Crippen molar-refractivity contribution in [2.75, 3.05) is 0 Å². The summed E-state index contributed by atoms with van der Waals surface area (Å²) in [5, 5.41) is 5.35. The first-order valence-electron chi connectivity index (χ1n) is 6.10. The number of urea groups is 1. The molecule has 0 aliphatic carbocycles. The molecule has 0 bridgehead atoms. The van der Waals surface area contributed by atoms with Crippen LogP contribution in [0.2, 0.25) is 0 Å². The second kappa shape index (κ2) is 5.52. The van der Waals surface area contributed by atoms with Crippen molar-refractivity contribution in [3.05, 3.63) is 53.2 Å². The van der Waals surface area contributed by atoms with Gasteiger partial charge in [-0.2, -0.15) is 0 Å². The van der Waals surface area contributed by atoms with E-state index in [2.05, 4.69) is 10.6 Å². The zero-order valence-electron chi connectivity index (χ0n) is 10.9. The molecule has 2 rings (SSSR count). The lowest BCUT2D eigenvalue weighted by Gasteiger charge is -2.25. The third-order valence-corrected chi connectivity index (χ3v) is 2.96. The summed E-state index contributed by atoms with van der Waals surface area (Å²) >= 11 is 0. The average Bonchev–Trinajstić information content (AvgIpc) is 2.36. The van der Waals surface area contributed by atoms with Crippen LogP contribution >= 0.6 is 0 Å². The minimum Gasteiger partial charge on any atom is -0.327 e. The van der Waals surface area contributed by atoms with Crippen molar-refractivity contribution in [2.24, 2.45) is 0 Å². The van der Waals surface area contributed by atoms with E-state index in [0.717, 1.165) is 5.56 Å². The fourth-order valence-corrected chi connectivity index (χ4v) is 2.12. The van der Waals surface area contributed by atoms with Gasteiger partial charge < -0.3 is 10.6 Å². The number of ketones is 1. The summed E-state index contributed by atoms with van der Waals surface area (Å²) in [7, 11) is 0. The topological polar surface area (TPSA) is 58.2 Å². The Hall–Kier alpha value is -2.36. The number of rotatable bonds is 3. The molecule has 98 valence electrons. The van der Waals surface area contributed by atoms with Crippen LogP contribution in [0.1, 0.15) is 19.4 Å². The fraction of sp³-hybridized carbons (Fsp3) is 0.200. The molecular weight excluding hydrogens is 240 g/mol. The first kappa shape index (κ1) is 13.1. The van der Waals surface area contributed by atoms with Gasteiger partial charge in [0.1, 0.15) is 0 Å². The number of benzene rings is 1. The van der Waals surface area contributed by atoms with Crippen molar-refractivity contribution in [2.45, 2.75) is 19.9 Å². The van der Waals surface area contributed by atoms with Gasteiger partial charge in [-0.15, -0.1) is 0 Å². The molecule has 0 saturated heterocycles. The largest absolute Gasteiger partial charge is 0.327 e. The Morgan fingerprint density at radius 1 is 1.26 bits per heavy atom. The molecule has 0 radical (unpaired) electrons. The summed E-state index contributed by atoms with van der Waals surface area (Å²) in [6, 6.07) is 9.07. The molecular formula is C15H16N2O2. The lowest BCUT2D eigenvalue weighted by Crippen LogP contribution is -2.48. The highest BCUT2D eigenvalue weighted by Gasteiger charge is 2.25. The maximum Gasteiger partial charge on any atom is 0.319 e. The number of amides is 2. The first-order valence-corrected chi connectivity index (χ1v) is 6.10. The predicted octanol–water partition coefficient (Wildman–Crippen LogP) is 2.24. The minimum atomic E-state index is -0.383. The third-order valence-electron chi connectivity index (χ3n) is 2.96. The van der Waals surface area contributed by atoms with E-state index in [1.165, 1.54) is 6.92 Å². The van der Waals surface area contributed by atoms with Crippen LogP contribution in [0, 0.1) is 0 Å². The summed E-state index contributed by atoms with van der Waals surface area (Å²) in [6.07, 6.45) is 3.72. The Kier molecular flexibility index (Phi) is 3.80. The van der Waals surface area contributed by atoms with Crippen molar-refractivity contribution in [3.63, 3.8) is 0 Å². The Morgan fingerprint density at radius 2 is 1.95 bits per heavy atom. The van der Waals surface area contributed by atoms with Crippen LogP contribution in [-0.2, 0) is 4.79 Å². The molecule has 1 aliphatic heterocycles. The van der Waals surface area contributed by atoms with Gasteiger partial charge in [0.2, 0.25) is 0 Å². The maximum absolute atomic E-state index is 11.7. The van der Waals surface area contributed by atoms with E-state index in [9.17, 15) is 9.59 Å². The number of carbonyl (C=O) groups is 2. The molecule has 1 aromatic carbocycles. The molecule has 0 unspecified atom stereocenters. The van der Waals surface area contributed by atoms with E-state index < -0.39 is 0 Å². The second-order valence-electron chi connectivity index (χ2n) is 4.44. The maximum atomic E-state index is 11.7. The number of hydrogen-bond acceptors (Lipinski definition) is 2. The van der Waals surface area contributed by atoms with E-state index in [1.54, 1.807) is 6.92 Å². The highest BCUT2D eigenvalue weighted by Crippen LogP contribution is 2.15. The van der Waals surface area contributed by atoms with Crippen LogP contribution in [-0.4, -0.2) is 17.9 Å². The number of carbonyl (C=O) groups excluding carboxylic acids is 2. The molecule has 4 nitrogen and oxygen atoms in total. The Labute approximate surface area is 112 Å². The van der Waals surface area contributed by atoms with Crippen molar-refractivity contribution < 1.29 is 9.59 Å². The SMILES string of the molecule is CC(=O)C1=C(C)NC(=O)N[C@H]1/C=C\c1ccccc1. The lowest BCUT2D eigenvalue weighted by atomic mass is 9.98. The van der Waals surface area contributed by atoms with E-state index in [0.29, 0.717) is 11.3 Å². The van der Waals surface area contributed by atoms with Crippen LogP contribution in [0.5, 0.6) is 0 Å². The Morgan fingerprint density at radius 3 is 2.58 bits per heavy atom. The van der Waals surface area contributed by atoms with Gasteiger partial charge in [0.25, 0.3) is 0 Å². The van der Waals surface area contributed by atoms with E-state index in [1.807, 2.05) is 42.5 Å². The normalized spacial score (nSPS) is 19.3. The van der Waals surface area contributed by atoms with Crippen LogP contribution in [0.4, 0.5) is 4.79 Å². The molecule has 0 aromatic heterocycles. The number of Topliss-reactive ketones (excluding diaryl/α,β-unsaturated/α-hetero) is 1. The van der Waals surface area contributed by atoms with Crippen molar-refractivity contribution >= 4 is 17.9 Å². The number of nitrogens with one attached hydrogen (secondary N) is 2. The van der Waals surface area contributed by atoms with Crippen molar-refractivity contribution in [1.82, 2.24) is 10.6 Å². The molecule has 1 aliphatic rings. The summed E-state index contributed by atoms with van der Waals surface area (Å²) in [5.41, 5.74) is 2.22.